The molecule has 1 aliphatic heterocycles. The summed E-state index contributed by atoms with van der Waals surface area (Å²) in [6.07, 6.45) is -5.03. The molecule has 3 rings (SSSR count). The van der Waals surface area contributed by atoms with Crippen molar-refractivity contribution in [2.75, 3.05) is 17.5 Å². The molecule has 9 heteroatoms. The van der Waals surface area contributed by atoms with Crippen molar-refractivity contribution < 1.29 is 33.2 Å². The van der Waals surface area contributed by atoms with Crippen LogP contribution in [0, 0.1) is 19.8 Å². The van der Waals surface area contributed by atoms with Crippen LogP contribution in [0.3, 0.4) is 0 Å². The molecule has 8 nitrogen and oxygen atoms in total. The van der Waals surface area contributed by atoms with Crippen molar-refractivity contribution in [3.8, 4) is 5.75 Å². The van der Waals surface area contributed by atoms with E-state index in [1.54, 1.807) is 0 Å². The molecule has 1 unspecified atom stereocenters. The predicted molar refractivity (Wildman–Crippen MR) is 120 cm³/mol. The molecule has 0 amide bonds. The molecule has 3 N–H and O–H groups in total. The number of aliphatic hydroxyl groups excluding tert-OH is 3. The third kappa shape index (κ3) is 5.24. The summed E-state index contributed by atoms with van der Waals surface area (Å²) in [6.45, 7) is 8.03. The predicted octanol–water partition coefficient (Wildman–Crippen LogP) is 1.97. The van der Waals surface area contributed by atoms with Crippen molar-refractivity contribution in [2.24, 2.45) is 5.92 Å². The fourth-order valence-electron chi connectivity index (χ4n) is 3.62. The molecule has 0 radical (unpaired) electrons. The highest BCUT2D eigenvalue weighted by molar-refractivity contribution is 7.92. The average Bonchev–Trinajstić information content (AvgIpc) is 2.98. The van der Waals surface area contributed by atoms with Crippen LogP contribution >= 0.6 is 0 Å². The Morgan fingerprint density at radius 3 is 2.22 bits per heavy atom. The molecule has 0 bridgehead atoms. The first-order valence-electron chi connectivity index (χ1n) is 10.5. The average molecular weight is 466 g/mol. The Morgan fingerprint density at radius 1 is 1.03 bits per heavy atom. The van der Waals surface area contributed by atoms with Crippen LogP contribution in [-0.4, -0.2) is 61.5 Å². The lowest BCUT2D eigenvalue weighted by atomic mass is 10.1. The summed E-state index contributed by atoms with van der Waals surface area (Å²) in [4.78, 5) is 0.133. The largest absolute Gasteiger partial charge is 0.491 e. The highest BCUT2D eigenvalue weighted by Gasteiger charge is 2.42. The quantitative estimate of drug-likeness (QED) is 0.546. The van der Waals surface area contributed by atoms with Gasteiger partial charge in [-0.15, -0.1) is 0 Å². The van der Waals surface area contributed by atoms with E-state index >= 15 is 0 Å². The van der Waals surface area contributed by atoms with Crippen molar-refractivity contribution >= 4 is 15.7 Å². The number of anilines is 1. The molecule has 32 heavy (non-hydrogen) atoms. The number of nitrogens with zero attached hydrogens (tertiary/aromatic N) is 1. The lowest BCUT2D eigenvalue weighted by Gasteiger charge is -2.28. The molecule has 2 aromatic rings. The summed E-state index contributed by atoms with van der Waals surface area (Å²) in [6, 6.07) is 11.7. The molecule has 0 saturated carbocycles. The van der Waals surface area contributed by atoms with Crippen LogP contribution in [0.2, 0.25) is 0 Å². The maximum absolute atomic E-state index is 13.5. The van der Waals surface area contributed by atoms with E-state index in [1.165, 1.54) is 28.6 Å². The maximum atomic E-state index is 13.5. The van der Waals surface area contributed by atoms with E-state index < -0.39 is 34.6 Å². The number of benzene rings is 2. The van der Waals surface area contributed by atoms with Crippen LogP contribution in [0.4, 0.5) is 5.69 Å². The van der Waals surface area contributed by atoms with E-state index in [2.05, 4.69) is 0 Å². The zero-order chi connectivity index (χ0) is 23.6. The monoisotopic (exact) mass is 465 g/mol. The van der Waals surface area contributed by atoms with Crippen molar-refractivity contribution in [2.45, 2.75) is 57.2 Å². The number of rotatable bonds is 8. The number of hydrogen-bond acceptors (Lipinski definition) is 7. The Balaban J connectivity index is 1.79. The molecule has 0 aromatic heterocycles. The van der Waals surface area contributed by atoms with Gasteiger partial charge in [0.15, 0.2) is 6.29 Å². The van der Waals surface area contributed by atoms with Crippen LogP contribution < -0.4 is 9.04 Å². The van der Waals surface area contributed by atoms with Gasteiger partial charge in [-0.25, -0.2) is 8.42 Å². The second kappa shape index (κ2) is 9.76. The van der Waals surface area contributed by atoms with Gasteiger partial charge in [-0.2, -0.15) is 0 Å². The van der Waals surface area contributed by atoms with Crippen LogP contribution in [0.25, 0.3) is 0 Å². The first-order valence-corrected chi connectivity index (χ1v) is 12.0. The van der Waals surface area contributed by atoms with Gasteiger partial charge in [-0.1, -0.05) is 31.5 Å². The molecule has 4 atom stereocenters. The lowest BCUT2D eigenvalue weighted by molar-refractivity contribution is -0.131. The zero-order valence-electron chi connectivity index (χ0n) is 18.7. The maximum Gasteiger partial charge on any atom is 0.264 e. The Hall–Kier alpha value is -2.17. The van der Waals surface area contributed by atoms with Gasteiger partial charge in [0, 0.05) is 6.54 Å². The number of sulfonamides is 1. The molecule has 1 fully saturated rings. The summed E-state index contributed by atoms with van der Waals surface area (Å²) >= 11 is 0. The number of aryl methyl sites for hydroxylation is 2. The molecule has 2 aromatic carbocycles. The molecule has 1 aliphatic rings. The standard InChI is InChI=1S/C23H31NO7S/c1-14(2)12-24(19-10-5-15(3)11-16(19)4)32(28,29)18-8-6-17(7-9-18)30-13-20-21(25)22(26)23(27)31-20/h5-11,14,20-23,25-27H,12-13H2,1-4H3/t20?,21-,22+,23+/m1/s1. The SMILES string of the molecule is Cc1ccc(N(CC(C)C)S(=O)(=O)c2ccc(OCC3O[C@H](O)[C@@H](O)[C@@H]3O)cc2)c(C)c1. The Morgan fingerprint density at radius 2 is 1.69 bits per heavy atom. The van der Waals surface area contributed by atoms with E-state index in [9.17, 15) is 23.7 Å². The number of hydrogen-bond donors (Lipinski definition) is 3. The lowest BCUT2D eigenvalue weighted by Crippen LogP contribution is -2.35. The first kappa shape index (κ1) is 24.5. The van der Waals surface area contributed by atoms with Gasteiger partial charge in [0.25, 0.3) is 10.0 Å². The van der Waals surface area contributed by atoms with Gasteiger partial charge in [0.2, 0.25) is 0 Å². The topological polar surface area (TPSA) is 117 Å². The molecule has 176 valence electrons. The summed E-state index contributed by atoms with van der Waals surface area (Å²) in [7, 11) is -3.81. The Kier molecular flexibility index (Phi) is 7.46. The minimum atomic E-state index is -3.81. The minimum absolute atomic E-state index is 0.108. The van der Waals surface area contributed by atoms with Gasteiger partial charge < -0.3 is 24.8 Å². The highest BCUT2D eigenvalue weighted by Crippen LogP contribution is 2.29. The van der Waals surface area contributed by atoms with Gasteiger partial charge in [0.1, 0.15) is 30.7 Å². The fraction of sp³-hybridized carbons (Fsp3) is 0.478. The van der Waals surface area contributed by atoms with Crippen molar-refractivity contribution in [1.82, 2.24) is 0 Å². The van der Waals surface area contributed by atoms with Gasteiger partial charge in [-0.3, -0.25) is 4.31 Å². The third-order valence-electron chi connectivity index (χ3n) is 5.32. The second-order valence-electron chi connectivity index (χ2n) is 8.55. The van der Waals surface area contributed by atoms with Crippen LogP contribution in [0.15, 0.2) is 47.4 Å². The molecule has 0 spiro atoms. The van der Waals surface area contributed by atoms with Gasteiger partial charge in [0.05, 0.1) is 10.6 Å². The van der Waals surface area contributed by atoms with Crippen molar-refractivity contribution in [3.63, 3.8) is 0 Å². The fourth-order valence-corrected chi connectivity index (χ4v) is 5.32. The van der Waals surface area contributed by atoms with E-state index in [-0.39, 0.29) is 17.4 Å². The van der Waals surface area contributed by atoms with Crippen LogP contribution in [0.1, 0.15) is 25.0 Å². The Bertz CT molecular complexity index is 1020. The van der Waals surface area contributed by atoms with Crippen molar-refractivity contribution in [3.05, 3.63) is 53.6 Å². The number of ether oxygens (including phenoxy) is 2. The molecular formula is C23H31NO7S. The number of aliphatic hydroxyl groups is 3. The third-order valence-corrected chi connectivity index (χ3v) is 7.11. The van der Waals surface area contributed by atoms with Gasteiger partial charge in [-0.05, 0) is 55.7 Å². The van der Waals surface area contributed by atoms with E-state index in [4.69, 9.17) is 9.47 Å². The normalized spacial score (nSPS) is 23.5. The first-order chi connectivity index (χ1) is 15.0. The minimum Gasteiger partial charge on any atom is -0.491 e. The van der Waals surface area contributed by atoms with Crippen LogP contribution in [-0.2, 0) is 14.8 Å². The summed E-state index contributed by atoms with van der Waals surface area (Å²) < 4.78 is 39.0. The van der Waals surface area contributed by atoms with Crippen LogP contribution in [0.5, 0.6) is 5.75 Å². The highest BCUT2D eigenvalue weighted by atomic mass is 32.2. The zero-order valence-corrected chi connectivity index (χ0v) is 19.5. The second-order valence-corrected chi connectivity index (χ2v) is 10.4. The molecule has 1 heterocycles. The van der Waals surface area contributed by atoms with E-state index in [1.807, 2.05) is 45.9 Å². The smallest absolute Gasteiger partial charge is 0.264 e. The van der Waals surface area contributed by atoms with Crippen molar-refractivity contribution in [1.29, 1.82) is 0 Å². The summed E-state index contributed by atoms with van der Waals surface area (Å²) in [5.41, 5.74) is 2.59. The molecular weight excluding hydrogens is 434 g/mol. The Labute approximate surface area is 189 Å². The summed E-state index contributed by atoms with van der Waals surface area (Å²) in [5.74, 6) is 0.495. The van der Waals surface area contributed by atoms with Gasteiger partial charge >= 0.3 is 0 Å². The summed E-state index contributed by atoms with van der Waals surface area (Å²) in [5, 5.41) is 28.8. The van der Waals surface area contributed by atoms with E-state index in [0.29, 0.717) is 18.0 Å². The van der Waals surface area contributed by atoms with E-state index in [0.717, 1.165) is 11.1 Å². The molecule has 1 saturated heterocycles. The molecule has 0 aliphatic carbocycles.